The summed E-state index contributed by atoms with van der Waals surface area (Å²) in [5, 5.41) is 18.5. The molecule has 10 nitrogen and oxygen atoms in total. The number of carbonyl (C=O) groups is 4. The maximum atomic E-state index is 13.5. The number of amides is 3. The van der Waals surface area contributed by atoms with Gasteiger partial charge in [0, 0.05) is 29.9 Å². The number of nitrogens with one attached hydrogen (secondary N) is 4. The number of aliphatic carboxylic acids is 1. The van der Waals surface area contributed by atoms with Gasteiger partial charge in [0.1, 0.15) is 18.1 Å². The number of hydrogen-bond donors (Lipinski definition) is 6. The Morgan fingerprint density at radius 3 is 2.03 bits per heavy atom. The highest BCUT2D eigenvalue weighted by molar-refractivity contribution is 5.95. The van der Waals surface area contributed by atoms with Crippen LogP contribution in [0.2, 0.25) is 0 Å². The molecule has 3 amide bonds. The summed E-state index contributed by atoms with van der Waals surface area (Å²) >= 11 is 0. The van der Waals surface area contributed by atoms with Crippen molar-refractivity contribution in [1.82, 2.24) is 20.9 Å². The van der Waals surface area contributed by atoms with Crippen LogP contribution in [0, 0.1) is 5.92 Å². The van der Waals surface area contributed by atoms with E-state index in [1.165, 1.54) is 6.92 Å². The van der Waals surface area contributed by atoms with Gasteiger partial charge in [-0.05, 0) is 30.0 Å². The molecule has 2 aromatic carbocycles. The van der Waals surface area contributed by atoms with E-state index in [4.69, 9.17) is 5.73 Å². The van der Waals surface area contributed by atoms with Crippen LogP contribution in [-0.4, -0.2) is 57.9 Å². The van der Waals surface area contributed by atoms with Gasteiger partial charge in [0.25, 0.3) is 0 Å². The number of para-hydroxylation sites is 1. The fourth-order valence-corrected chi connectivity index (χ4v) is 4.13. The van der Waals surface area contributed by atoms with Crippen molar-refractivity contribution < 1.29 is 24.3 Å². The van der Waals surface area contributed by atoms with Gasteiger partial charge >= 0.3 is 5.97 Å². The molecule has 202 valence electrons. The van der Waals surface area contributed by atoms with Crippen LogP contribution in [0.5, 0.6) is 0 Å². The number of H-pyrrole nitrogens is 1. The second-order valence-electron chi connectivity index (χ2n) is 9.73. The molecule has 4 unspecified atom stereocenters. The first-order valence-corrected chi connectivity index (χ1v) is 12.5. The van der Waals surface area contributed by atoms with Crippen LogP contribution in [0.15, 0.2) is 60.8 Å². The molecule has 4 atom stereocenters. The fraction of sp³-hybridized carbons (Fsp3) is 0.357. The van der Waals surface area contributed by atoms with Crippen LogP contribution < -0.4 is 21.7 Å². The highest BCUT2D eigenvalue weighted by atomic mass is 16.4. The highest BCUT2D eigenvalue weighted by Gasteiger charge is 2.31. The zero-order valence-electron chi connectivity index (χ0n) is 21.7. The molecule has 10 heteroatoms. The van der Waals surface area contributed by atoms with E-state index in [0.29, 0.717) is 0 Å². The number of aromatic nitrogens is 1. The zero-order valence-corrected chi connectivity index (χ0v) is 21.7. The van der Waals surface area contributed by atoms with Crippen LogP contribution in [-0.2, 0) is 32.0 Å². The Morgan fingerprint density at radius 1 is 0.816 bits per heavy atom. The van der Waals surface area contributed by atoms with Crippen molar-refractivity contribution in [3.05, 3.63) is 71.9 Å². The molecule has 0 radical (unpaired) electrons. The number of benzene rings is 2. The summed E-state index contributed by atoms with van der Waals surface area (Å²) in [5.74, 6) is -3.28. The van der Waals surface area contributed by atoms with E-state index in [0.717, 1.165) is 22.0 Å². The Balaban J connectivity index is 1.89. The SMILES string of the molecule is CC(N)C(=O)NC(Cc1ccccc1)C(=O)NC(Cc1c[nH]c2ccccc12)C(=O)NC(C(=O)O)C(C)C. The first-order chi connectivity index (χ1) is 18.1. The number of hydrogen-bond acceptors (Lipinski definition) is 5. The van der Waals surface area contributed by atoms with Gasteiger partial charge in [-0.25, -0.2) is 4.79 Å². The van der Waals surface area contributed by atoms with E-state index < -0.39 is 47.9 Å². The molecule has 38 heavy (non-hydrogen) atoms. The fourth-order valence-electron chi connectivity index (χ4n) is 4.13. The smallest absolute Gasteiger partial charge is 0.326 e. The first-order valence-electron chi connectivity index (χ1n) is 12.5. The Labute approximate surface area is 221 Å². The van der Waals surface area contributed by atoms with E-state index in [1.807, 2.05) is 54.6 Å². The molecule has 3 aromatic rings. The molecule has 0 aliphatic rings. The Morgan fingerprint density at radius 2 is 1.39 bits per heavy atom. The lowest BCUT2D eigenvalue weighted by atomic mass is 10.00. The van der Waals surface area contributed by atoms with Gasteiger partial charge in [-0.15, -0.1) is 0 Å². The monoisotopic (exact) mass is 521 g/mol. The van der Waals surface area contributed by atoms with Gasteiger partial charge in [0.05, 0.1) is 6.04 Å². The van der Waals surface area contributed by atoms with Crippen molar-refractivity contribution in [2.75, 3.05) is 0 Å². The van der Waals surface area contributed by atoms with Crippen LogP contribution in [0.3, 0.4) is 0 Å². The predicted octanol–water partition coefficient (Wildman–Crippen LogP) is 1.50. The Hall–Kier alpha value is -4.18. The normalized spacial score (nSPS) is 14.3. The number of carboxylic acids is 1. The molecule has 0 bridgehead atoms. The second kappa shape index (κ2) is 12.9. The Bertz CT molecular complexity index is 1270. The van der Waals surface area contributed by atoms with Gasteiger partial charge < -0.3 is 31.8 Å². The maximum absolute atomic E-state index is 13.5. The highest BCUT2D eigenvalue weighted by Crippen LogP contribution is 2.19. The van der Waals surface area contributed by atoms with Gasteiger partial charge in [-0.2, -0.15) is 0 Å². The third-order valence-electron chi connectivity index (χ3n) is 6.29. The zero-order chi connectivity index (χ0) is 27.8. The minimum Gasteiger partial charge on any atom is -0.480 e. The molecule has 0 spiro atoms. The topological polar surface area (TPSA) is 166 Å². The third kappa shape index (κ3) is 7.42. The van der Waals surface area contributed by atoms with E-state index in [-0.39, 0.29) is 18.8 Å². The standard InChI is InChI=1S/C28H35N5O5/c1-16(2)24(28(37)38)33-27(36)23(14-19-15-30-21-12-8-7-11-20(19)21)32-26(35)22(31-25(34)17(3)29)13-18-9-5-4-6-10-18/h4-12,15-17,22-24,30H,13-14,29H2,1-3H3,(H,31,34)(H,32,35)(H,33,36)(H,37,38). The lowest BCUT2D eigenvalue weighted by Crippen LogP contribution is -2.58. The summed E-state index contributed by atoms with van der Waals surface area (Å²) in [6.45, 7) is 4.88. The summed E-state index contributed by atoms with van der Waals surface area (Å²) in [4.78, 5) is 54.2. The van der Waals surface area contributed by atoms with Crippen molar-refractivity contribution in [1.29, 1.82) is 0 Å². The summed E-state index contributed by atoms with van der Waals surface area (Å²) in [6.07, 6.45) is 2.04. The van der Waals surface area contributed by atoms with Crippen LogP contribution in [0.25, 0.3) is 10.9 Å². The predicted molar refractivity (Wildman–Crippen MR) is 144 cm³/mol. The average Bonchev–Trinajstić information content (AvgIpc) is 3.29. The number of carboxylic acid groups (broad SMARTS) is 1. The Kier molecular flexibility index (Phi) is 9.61. The average molecular weight is 522 g/mol. The minimum atomic E-state index is -1.17. The quantitative estimate of drug-likeness (QED) is 0.211. The van der Waals surface area contributed by atoms with Crippen molar-refractivity contribution in [3.8, 4) is 0 Å². The van der Waals surface area contributed by atoms with E-state index in [9.17, 15) is 24.3 Å². The maximum Gasteiger partial charge on any atom is 0.326 e. The molecule has 0 saturated heterocycles. The minimum absolute atomic E-state index is 0.102. The van der Waals surface area contributed by atoms with Crippen molar-refractivity contribution >= 4 is 34.6 Å². The molecule has 0 aliphatic carbocycles. The lowest BCUT2D eigenvalue weighted by Gasteiger charge is -2.26. The van der Waals surface area contributed by atoms with E-state index >= 15 is 0 Å². The number of fused-ring (bicyclic) bond motifs is 1. The molecule has 1 heterocycles. The van der Waals surface area contributed by atoms with Gasteiger partial charge in [-0.1, -0.05) is 62.4 Å². The van der Waals surface area contributed by atoms with Crippen LogP contribution in [0.1, 0.15) is 31.9 Å². The molecular weight excluding hydrogens is 486 g/mol. The first kappa shape index (κ1) is 28.4. The number of aromatic amines is 1. The number of carbonyl (C=O) groups excluding carboxylic acids is 3. The summed E-state index contributed by atoms with van der Waals surface area (Å²) in [7, 11) is 0. The molecule has 3 rings (SSSR count). The summed E-state index contributed by atoms with van der Waals surface area (Å²) in [6, 6.07) is 12.6. The lowest BCUT2D eigenvalue weighted by molar-refractivity contribution is -0.143. The van der Waals surface area contributed by atoms with Gasteiger partial charge in [0.15, 0.2) is 0 Å². The number of rotatable bonds is 12. The third-order valence-corrected chi connectivity index (χ3v) is 6.29. The van der Waals surface area contributed by atoms with E-state index in [2.05, 4.69) is 20.9 Å². The molecule has 0 saturated carbocycles. The summed E-state index contributed by atoms with van der Waals surface area (Å²) < 4.78 is 0. The largest absolute Gasteiger partial charge is 0.480 e. The molecule has 1 aromatic heterocycles. The second-order valence-corrected chi connectivity index (χ2v) is 9.73. The molecule has 0 fully saturated rings. The molecular formula is C28H35N5O5. The van der Waals surface area contributed by atoms with Crippen molar-refractivity contribution in [2.45, 2.75) is 57.8 Å². The van der Waals surface area contributed by atoms with Crippen molar-refractivity contribution in [2.24, 2.45) is 11.7 Å². The summed E-state index contributed by atoms with van der Waals surface area (Å²) in [5.41, 5.74) is 8.16. The van der Waals surface area contributed by atoms with Crippen LogP contribution >= 0.6 is 0 Å². The van der Waals surface area contributed by atoms with Gasteiger partial charge in [0.2, 0.25) is 17.7 Å². The molecule has 7 N–H and O–H groups in total. The van der Waals surface area contributed by atoms with Crippen molar-refractivity contribution in [3.63, 3.8) is 0 Å². The van der Waals surface area contributed by atoms with E-state index in [1.54, 1.807) is 20.0 Å². The van der Waals surface area contributed by atoms with Gasteiger partial charge in [-0.3, -0.25) is 14.4 Å². The molecule has 0 aliphatic heterocycles. The van der Waals surface area contributed by atoms with Crippen LogP contribution in [0.4, 0.5) is 0 Å². The number of nitrogens with two attached hydrogens (primary N) is 1.